The lowest BCUT2D eigenvalue weighted by atomic mass is 9.84. The Morgan fingerprint density at radius 3 is 2.38 bits per heavy atom. The second kappa shape index (κ2) is 6.28. The molecule has 5 nitrogen and oxygen atoms in total. The van der Waals surface area contributed by atoms with Crippen LogP contribution in [0.5, 0.6) is 5.75 Å². The number of amides is 2. The summed E-state index contributed by atoms with van der Waals surface area (Å²) < 4.78 is 5.20. The molecule has 1 aliphatic rings. The molecular formula is C19H17NO4. The lowest BCUT2D eigenvalue weighted by Gasteiger charge is -2.33. The van der Waals surface area contributed by atoms with E-state index in [0.29, 0.717) is 0 Å². The van der Waals surface area contributed by atoms with Gasteiger partial charge in [0.15, 0.2) is 0 Å². The van der Waals surface area contributed by atoms with E-state index in [1.54, 1.807) is 12.1 Å². The van der Waals surface area contributed by atoms with Crippen molar-refractivity contribution in [2.75, 3.05) is 6.54 Å². The predicted molar refractivity (Wildman–Crippen MR) is 87.8 cm³/mol. The summed E-state index contributed by atoms with van der Waals surface area (Å²) in [5, 5.41) is 0. The molecule has 0 radical (unpaired) electrons. The molecule has 1 unspecified atom stereocenters. The third kappa shape index (κ3) is 2.80. The molecule has 1 atom stereocenters. The van der Waals surface area contributed by atoms with Gasteiger partial charge in [0.05, 0.1) is 5.56 Å². The molecule has 0 saturated carbocycles. The van der Waals surface area contributed by atoms with Crippen LogP contribution in [0.15, 0.2) is 48.5 Å². The van der Waals surface area contributed by atoms with Gasteiger partial charge in [-0.05, 0) is 17.2 Å². The zero-order valence-corrected chi connectivity index (χ0v) is 13.5. The van der Waals surface area contributed by atoms with Crippen molar-refractivity contribution in [1.29, 1.82) is 0 Å². The van der Waals surface area contributed by atoms with Gasteiger partial charge in [0.25, 0.3) is 5.91 Å². The molecule has 1 heterocycles. The first-order valence-electron chi connectivity index (χ1n) is 7.67. The highest BCUT2D eigenvalue weighted by atomic mass is 16.5. The van der Waals surface area contributed by atoms with Gasteiger partial charge >= 0.3 is 5.97 Å². The number of imide groups is 1. The number of carbonyl (C=O) groups excluding carboxylic acids is 3. The largest absolute Gasteiger partial charge is 0.426 e. The number of carbonyl (C=O) groups is 3. The van der Waals surface area contributed by atoms with Gasteiger partial charge in [0.1, 0.15) is 5.75 Å². The van der Waals surface area contributed by atoms with Gasteiger partial charge in [-0.25, -0.2) is 0 Å². The van der Waals surface area contributed by atoms with E-state index in [4.69, 9.17) is 4.74 Å². The van der Waals surface area contributed by atoms with Crippen molar-refractivity contribution in [2.24, 2.45) is 0 Å². The summed E-state index contributed by atoms with van der Waals surface area (Å²) in [6.45, 7) is 2.91. The number of ether oxygens (including phenoxy) is 1. The molecule has 24 heavy (non-hydrogen) atoms. The summed E-state index contributed by atoms with van der Waals surface area (Å²) in [6, 6.07) is 14.8. The minimum absolute atomic E-state index is 0.154. The van der Waals surface area contributed by atoms with Crippen molar-refractivity contribution >= 4 is 17.8 Å². The average Bonchev–Trinajstić information content (AvgIpc) is 2.55. The molecule has 0 saturated heterocycles. The standard InChI is InChI=1S/C19H17NO4/c1-12(21)20-11-16(14-7-4-3-5-8-14)15-9-6-10-17(24-13(2)22)18(15)19(20)23/h3-10,16H,11H2,1-2H3. The van der Waals surface area contributed by atoms with E-state index in [9.17, 15) is 14.4 Å². The van der Waals surface area contributed by atoms with Gasteiger partial charge in [-0.2, -0.15) is 0 Å². The van der Waals surface area contributed by atoms with Crippen molar-refractivity contribution in [1.82, 2.24) is 4.90 Å². The normalized spacial score (nSPS) is 16.5. The van der Waals surface area contributed by atoms with Gasteiger partial charge in [0.2, 0.25) is 5.91 Å². The number of hydrogen-bond donors (Lipinski definition) is 0. The van der Waals surface area contributed by atoms with Crippen LogP contribution >= 0.6 is 0 Å². The molecular weight excluding hydrogens is 306 g/mol. The number of rotatable bonds is 2. The van der Waals surface area contributed by atoms with Crippen molar-refractivity contribution in [3.63, 3.8) is 0 Å². The second-order valence-electron chi connectivity index (χ2n) is 5.71. The van der Waals surface area contributed by atoms with Crippen LogP contribution in [0.2, 0.25) is 0 Å². The number of fused-ring (bicyclic) bond motifs is 1. The van der Waals surface area contributed by atoms with Crippen molar-refractivity contribution < 1.29 is 19.1 Å². The Balaban J connectivity index is 2.19. The summed E-state index contributed by atoms with van der Waals surface area (Å²) in [7, 11) is 0. The first-order chi connectivity index (χ1) is 11.5. The molecule has 0 spiro atoms. The van der Waals surface area contributed by atoms with E-state index >= 15 is 0 Å². The molecule has 2 amide bonds. The van der Waals surface area contributed by atoms with Crippen molar-refractivity contribution in [3.05, 3.63) is 65.2 Å². The molecule has 1 aliphatic heterocycles. The molecule has 3 rings (SSSR count). The quantitative estimate of drug-likeness (QED) is 0.630. The van der Waals surface area contributed by atoms with Crippen LogP contribution in [-0.2, 0) is 9.59 Å². The summed E-state index contributed by atoms with van der Waals surface area (Å²) in [6.07, 6.45) is 0. The number of nitrogens with zero attached hydrogens (tertiary/aromatic N) is 1. The Kier molecular flexibility index (Phi) is 4.16. The fourth-order valence-corrected chi connectivity index (χ4v) is 3.05. The van der Waals surface area contributed by atoms with E-state index in [-0.39, 0.29) is 29.7 Å². The summed E-state index contributed by atoms with van der Waals surface area (Å²) in [4.78, 5) is 37.2. The fourth-order valence-electron chi connectivity index (χ4n) is 3.05. The number of benzene rings is 2. The summed E-state index contributed by atoms with van der Waals surface area (Å²) in [5.74, 6) is -1.23. The first-order valence-corrected chi connectivity index (χ1v) is 7.67. The SMILES string of the molecule is CC(=O)Oc1cccc2c1C(=O)N(C(C)=O)CC2c1ccccc1. The lowest BCUT2D eigenvalue weighted by molar-refractivity contribution is -0.131. The third-order valence-electron chi connectivity index (χ3n) is 4.09. The number of esters is 1. The molecule has 0 bridgehead atoms. The van der Waals surface area contributed by atoms with Crippen LogP contribution in [0.4, 0.5) is 0 Å². The zero-order valence-electron chi connectivity index (χ0n) is 13.5. The Morgan fingerprint density at radius 2 is 1.75 bits per heavy atom. The smallest absolute Gasteiger partial charge is 0.308 e. The van der Waals surface area contributed by atoms with Gasteiger partial charge in [0, 0.05) is 26.3 Å². The van der Waals surface area contributed by atoms with Crippen LogP contribution in [0.25, 0.3) is 0 Å². The number of hydrogen-bond acceptors (Lipinski definition) is 4. The maximum Gasteiger partial charge on any atom is 0.308 e. The summed E-state index contributed by atoms with van der Waals surface area (Å²) in [5.41, 5.74) is 2.04. The van der Waals surface area contributed by atoms with E-state index in [1.165, 1.54) is 18.7 Å². The Bertz CT molecular complexity index is 813. The van der Waals surface area contributed by atoms with E-state index in [1.807, 2.05) is 36.4 Å². The Labute approximate surface area is 139 Å². The van der Waals surface area contributed by atoms with Crippen LogP contribution in [-0.4, -0.2) is 29.2 Å². The fraction of sp³-hybridized carbons (Fsp3) is 0.211. The van der Waals surface area contributed by atoms with Gasteiger partial charge < -0.3 is 4.74 Å². The van der Waals surface area contributed by atoms with E-state index in [0.717, 1.165) is 11.1 Å². The van der Waals surface area contributed by atoms with Crippen LogP contribution in [0.1, 0.15) is 41.3 Å². The van der Waals surface area contributed by atoms with Crippen LogP contribution in [0, 0.1) is 0 Å². The second-order valence-corrected chi connectivity index (χ2v) is 5.71. The molecule has 5 heteroatoms. The predicted octanol–water partition coefficient (Wildman–Crippen LogP) is 2.75. The molecule has 0 aliphatic carbocycles. The molecule has 2 aromatic carbocycles. The zero-order chi connectivity index (χ0) is 17.3. The van der Waals surface area contributed by atoms with E-state index in [2.05, 4.69) is 0 Å². The van der Waals surface area contributed by atoms with Crippen LogP contribution in [0.3, 0.4) is 0 Å². The maximum absolute atomic E-state index is 12.8. The molecule has 0 fully saturated rings. The minimum Gasteiger partial charge on any atom is -0.426 e. The monoisotopic (exact) mass is 323 g/mol. The topological polar surface area (TPSA) is 63.7 Å². The highest BCUT2D eigenvalue weighted by molar-refractivity contribution is 6.08. The lowest BCUT2D eigenvalue weighted by Crippen LogP contribution is -2.43. The molecule has 0 aromatic heterocycles. The van der Waals surface area contributed by atoms with E-state index < -0.39 is 11.9 Å². The Hall–Kier alpha value is -2.95. The van der Waals surface area contributed by atoms with Crippen molar-refractivity contribution in [3.8, 4) is 5.75 Å². The highest BCUT2D eigenvalue weighted by Crippen LogP contribution is 2.37. The van der Waals surface area contributed by atoms with Gasteiger partial charge in [-0.1, -0.05) is 42.5 Å². The van der Waals surface area contributed by atoms with Gasteiger partial charge in [-0.15, -0.1) is 0 Å². The average molecular weight is 323 g/mol. The molecule has 122 valence electrons. The first kappa shape index (κ1) is 15.9. The van der Waals surface area contributed by atoms with Crippen LogP contribution < -0.4 is 4.74 Å². The minimum atomic E-state index is -0.507. The Morgan fingerprint density at radius 1 is 1.04 bits per heavy atom. The third-order valence-corrected chi connectivity index (χ3v) is 4.09. The molecule has 2 aromatic rings. The summed E-state index contributed by atoms with van der Waals surface area (Å²) >= 11 is 0. The highest BCUT2D eigenvalue weighted by Gasteiger charge is 2.36. The molecule has 0 N–H and O–H groups in total. The van der Waals surface area contributed by atoms with Crippen molar-refractivity contribution in [2.45, 2.75) is 19.8 Å². The van der Waals surface area contributed by atoms with Gasteiger partial charge in [-0.3, -0.25) is 19.3 Å². The maximum atomic E-state index is 12.8.